The minimum atomic E-state index is 0.352. The first-order valence-corrected chi connectivity index (χ1v) is 12.5. The van der Waals surface area contributed by atoms with Crippen LogP contribution in [0.5, 0.6) is 0 Å². The number of rotatable bonds is 4. The predicted octanol–water partition coefficient (Wildman–Crippen LogP) is 6.81. The molecule has 3 saturated carbocycles. The van der Waals surface area contributed by atoms with Crippen molar-refractivity contribution in [2.75, 3.05) is 6.26 Å². The van der Waals surface area contributed by atoms with Gasteiger partial charge in [0.05, 0.1) is 0 Å². The monoisotopic (exact) mass is 326 g/mol. The van der Waals surface area contributed by atoms with Gasteiger partial charge in [-0.15, -0.1) is 0 Å². The summed E-state index contributed by atoms with van der Waals surface area (Å²) in [4.78, 5) is 0. The molecular formula is C19H35PS. The molecule has 0 aromatic heterocycles. The maximum absolute atomic E-state index is 2.33. The summed E-state index contributed by atoms with van der Waals surface area (Å²) in [5.74, 6) is 0. The summed E-state index contributed by atoms with van der Waals surface area (Å²) in [7, 11) is 0.352. The largest absolute Gasteiger partial charge is 0.162 e. The number of hydrogen-bond donors (Lipinski definition) is 0. The van der Waals surface area contributed by atoms with Crippen molar-refractivity contribution in [1.29, 1.82) is 0 Å². The Bertz CT molecular complexity index is 268. The quantitative estimate of drug-likeness (QED) is 0.511. The summed E-state index contributed by atoms with van der Waals surface area (Å²) in [6, 6.07) is 0. The molecule has 3 aliphatic rings. The third kappa shape index (κ3) is 4.41. The highest BCUT2D eigenvalue weighted by atomic mass is 32.2. The molecule has 21 heavy (non-hydrogen) atoms. The highest BCUT2D eigenvalue weighted by Crippen LogP contribution is 2.61. The molecule has 0 spiro atoms. The Hall–Kier alpha value is 0.780. The van der Waals surface area contributed by atoms with Crippen LogP contribution in [0.15, 0.2) is 0 Å². The molecule has 3 aliphatic carbocycles. The highest BCUT2D eigenvalue weighted by molar-refractivity contribution is 7.99. The Morgan fingerprint density at radius 1 is 0.571 bits per heavy atom. The van der Waals surface area contributed by atoms with Crippen molar-refractivity contribution in [3.8, 4) is 0 Å². The number of thioether (sulfide) groups is 1. The van der Waals surface area contributed by atoms with Gasteiger partial charge in [-0.25, -0.2) is 0 Å². The first-order valence-electron chi connectivity index (χ1n) is 9.68. The van der Waals surface area contributed by atoms with Crippen LogP contribution in [0.2, 0.25) is 0 Å². The van der Waals surface area contributed by atoms with Gasteiger partial charge in [0.25, 0.3) is 0 Å². The molecule has 0 aliphatic heterocycles. The van der Waals surface area contributed by atoms with Crippen LogP contribution in [0.4, 0.5) is 0 Å². The molecule has 0 heterocycles. The van der Waals surface area contributed by atoms with E-state index in [4.69, 9.17) is 0 Å². The first kappa shape index (κ1) is 16.6. The molecule has 0 nitrogen and oxygen atoms in total. The summed E-state index contributed by atoms with van der Waals surface area (Å²) in [6.45, 7) is 0. The highest BCUT2D eigenvalue weighted by Gasteiger charge is 2.37. The van der Waals surface area contributed by atoms with E-state index in [1.54, 1.807) is 64.2 Å². The van der Waals surface area contributed by atoms with E-state index in [2.05, 4.69) is 18.0 Å². The van der Waals surface area contributed by atoms with Crippen molar-refractivity contribution >= 4 is 19.7 Å². The van der Waals surface area contributed by atoms with Gasteiger partial charge in [0, 0.05) is 5.25 Å². The van der Waals surface area contributed by atoms with E-state index in [9.17, 15) is 0 Å². The summed E-state index contributed by atoms with van der Waals surface area (Å²) in [5.41, 5.74) is 3.51. The molecular weight excluding hydrogens is 291 g/mol. The molecule has 0 radical (unpaired) electrons. The maximum atomic E-state index is 2.33. The van der Waals surface area contributed by atoms with Crippen LogP contribution < -0.4 is 0 Å². The Morgan fingerprint density at radius 3 is 1.43 bits per heavy atom. The van der Waals surface area contributed by atoms with E-state index in [1.807, 2.05) is 0 Å². The van der Waals surface area contributed by atoms with Gasteiger partial charge in [-0.05, 0) is 74.6 Å². The lowest BCUT2D eigenvalue weighted by atomic mass is 9.98. The van der Waals surface area contributed by atoms with Gasteiger partial charge in [0.1, 0.15) is 0 Å². The van der Waals surface area contributed by atoms with Crippen molar-refractivity contribution < 1.29 is 0 Å². The van der Waals surface area contributed by atoms with Crippen LogP contribution >= 0.6 is 19.7 Å². The lowest BCUT2D eigenvalue weighted by Crippen LogP contribution is -2.29. The summed E-state index contributed by atoms with van der Waals surface area (Å²) in [5, 5.41) is 0.996. The Labute approximate surface area is 138 Å². The molecule has 3 fully saturated rings. The predicted molar refractivity (Wildman–Crippen MR) is 100 cm³/mol. The first-order chi connectivity index (χ1) is 10.4. The Kier molecular flexibility index (Phi) is 6.80. The van der Waals surface area contributed by atoms with E-state index in [0.717, 1.165) is 10.9 Å². The molecule has 122 valence electrons. The van der Waals surface area contributed by atoms with E-state index >= 15 is 0 Å². The van der Waals surface area contributed by atoms with E-state index < -0.39 is 0 Å². The second-order valence-electron chi connectivity index (χ2n) is 7.70. The third-order valence-corrected chi connectivity index (χ3v) is 11.6. The fourth-order valence-corrected chi connectivity index (χ4v) is 10.6. The minimum absolute atomic E-state index is 0.352. The van der Waals surface area contributed by atoms with Gasteiger partial charge in [-0.2, -0.15) is 11.8 Å². The molecule has 2 heteroatoms. The Balaban J connectivity index is 1.65. The number of hydrogen-bond acceptors (Lipinski definition) is 1. The molecule has 0 saturated heterocycles. The zero-order chi connectivity index (χ0) is 14.5. The SMILES string of the molecule is CSC1CCC(P(C2CCCCC2)C2CCCCC2)CC1. The van der Waals surface area contributed by atoms with Crippen molar-refractivity contribution in [2.24, 2.45) is 0 Å². The molecule has 0 aromatic rings. The zero-order valence-electron chi connectivity index (χ0n) is 14.1. The van der Waals surface area contributed by atoms with Crippen LogP contribution in [0.3, 0.4) is 0 Å². The molecule has 0 unspecified atom stereocenters. The maximum Gasteiger partial charge on any atom is 0.00447 e. The second-order valence-corrected chi connectivity index (χ2v) is 11.9. The summed E-state index contributed by atoms with van der Waals surface area (Å²) < 4.78 is 0. The molecule has 0 amide bonds. The lowest BCUT2D eigenvalue weighted by Gasteiger charge is -2.45. The van der Waals surface area contributed by atoms with Crippen LogP contribution in [0, 0.1) is 0 Å². The van der Waals surface area contributed by atoms with E-state index in [1.165, 1.54) is 37.0 Å². The molecule has 0 atom stereocenters. The van der Waals surface area contributed by atoms with Gasteiger partial charge < -0.3 is 0 Å². The molecule has 3 rings (SSSR count). The molecule has 0 bridgehead atoms. The molecule has 0 N–H and O–H groups in total. The molecule has 0 aromatic carbocycles. The minimum Gasteiger partial charge on any atom is -0.162 e. The topological polar surface area (TPSA) is 0 Å². The smallest absolute Gasteiger partial charge is 0.00447 e. The van der Waals surface area contributed by atoms with Gasteiger partial charge >= 0.3 is 0 Å². The normalized spacial score (nSPS) is 33.4. The second kappa shape index (κ2) is 8.58. The van der Waals surface area contributed by atoms with E-state index in [0.29, 0.717) is 7.92 Å². The van der Waals surface area contributed by atoms with Gasteiger partial charge in [0.15, 0.2) is 0 Å². The third-order valence-electron chi connectivity index (χ3n) is 6.39. The standard InChI is InChI=1S/C19H35PS/c1-21-19-14-12-18(13-15-19)20(16-8-4-2-5-9-16)17-10-6-3-7-11-17/h16-19H,2-15H2,1H3. The summed E-state index contributed by atoms with van der Waals surface area (Å²) in [6.07, 6.45) is 24.2. The average Bonchev–Trinajstić information content (AvgIpc) is 2.58. The van der Waals surface area contributed by atoms with Crippen LogP contribution in [-0.2, 0) is 0 Å². The van der Waals surface area contributed by atoms with Gasteiger partial charge in [-0.3, -0.25) is 0 Å². The zero-order valence-corrected chi connectivity index (χ0v) is 15.8. The van der Waals surface area contributed by atoms with Crippen LogP contribution in [0.25, 0.3) is 0 Å². The van der Waals surface area contributed by atoms with Crippen molar-refractivity contribution in [1.82, 2.24) is 0 Å². The van der Waals surface area contributed by atoms with Crippen molar-refractivity contribution in [3.63, 3.8) is 0 Å². The van der Waals surface area contributed by atoms with E-state index in [-0.39, 0.29) is 0 Å². The summed E-state index contributed by atoms with van der Waals surface area (Å²) >= 11 is 2.14. The fraction of sp³-hybridized carbons (Fsp3) is 1.00. The van der Waals surface area contributed by atoms with Crippen molar-refractivity contribution in [3.05, 3.63) is 0 Å². The van der Waals surface area contributed by atoms with Crippen LogP contribution in [0.1, 0.15) is 89.9 Å². The van der Waals surface area contributed by atoms with Gasteiger partial charge in [0.2, 0.25) is 0 Å². The van der Waals surface area contributed by atoms with Crippen molar-refractivity contribution in [2.45, 2.75) is 112 Å². The Morgan fingerprint density at radius 2 is 1.00 bits per heavy atom. The van der Waals surface area contributed by atoms with Crippen LogP contribution in [-0.4, -0.2) is 28.5 Å². The fourth-order valence-electron chi connectivity index (χ4n) is 5.23. The lowest BCUT2D eigenvalue weighted by molar-refractivity contribution is 0.463. The van der Waals surface area contributed by atoms with Gasteiger partial charge in [-0.1, -0.05) is 46.4 Å². The average molecular weight is 327 g/mol.